The van der Waals surface area contributed by atoms with Gasteiger partial charge >= 0.3 is 5.97 Å². The summed E-state index contributed by atoms with van der Waals surface area (Å²) < 4.78 is 15.6. The highest BCUT2D eigenvalue weighted by Gasteiger charge is 2.14. The Morgan fingerprint density at radius 2 is 1.88 bits per heavy atom. The average Bonchev–Trinajstić information content (AvgIpc) is 2.63. The van der Waals surface area contributed by atoms with Gasteiger partial charge < -0.3 is 19.5 Å². The van der Waals surface area contributed by atoms with Crippen molar-refractivity contribution in [2.45, 2.75) is 13.8 Å². The summed E-state index contributed by atoms with van der Waals surface area (Å²) in [6, 6.07) is 9.82. The second-order valence-electron chi connectivity index (χ2n) is 5.38. The fraction of sp³-hybridized carbons (Fsp3) is 0.263. The third-order valence-corrected chi connectivity index (χ3v) is 3.74. The van der Waals surface area contributed by atoms with Gasteiger partial charge in [0.15, 0.2) is 18.1 Å². The Bertz CT molecular complexity index is 807. The molecule has 0 saturated carbocycles. The largest absolute Gasteiger partial charge is 0.493 e. The molecule has 138 valence electrons. The first-order chi connectivity index (χ1) is 12.4. The number of esters is 1. The highest BCUT2D eigenvalue weighted by atomic mass is 35.5. The minimum absolute atomic E-state index is 0.265. The molecule has 0 aliphatic rings. The van der Waals surface area contributed by atoms with Crippen molar-refractivity contribution in [2.75, 3.05) is 25.6 Å². The molecule has 0 saturated heterocycles. The van der Waals surface area contributed by atoms with E-state index in [9.17, 15) is 9.59 Å². The lowest BCUT2D eigenvalue weighted by Crippen LogP contribution is -2.21. The van der Waals surface area contributed by atoms with Gasteiger partial charge in [-0.15, -0.1) is 0 Å². The first-order valence-corrected chi connectivity index (χ1v) is 8.36. The lowest BCUT2D eigenvalue weighted by Gasteiger charge is -2.11. The van der Waals surface area contributed by atoms with Gasteiger partial charge in [-0.25, -0.2) is 4.79 Å². The van der Waals surface area contributed by atoms with Gasteiger partial charge in [0.2, 0.25) is 0 Å². The molecular weight excluding hydrogens is 358 g/mol. The second-order valence-corrected chi connectivity index (χ2v) is 5.82. The van der Waals surface area contributed by atoms with Crippen molar-refractivity contribution in [2.24, 2.45) is 0 Å². The standard InChI is InChI=1S/C19H20ClNO5/c1-4-25-17-9-13(6-8-16(17)24-3)19(23)26-11-18(22)21-15-10-14(20)7-5-12(15)2/h5-10H,4,11H2,1-3H3,(H,21,22). The Morgan fingerprint density at radius 1 is 1.12 bits per heavy atom. The monoisotopic (exact) mass is 377 g/mol. The third kappa shape index (κ3) is 5.13. The van der Waals surface area contributed by atoms with Crippen LogP contribution in [0.2, 0.25) is 5.02 Å². The molecule has 2 aromatic rings. The number of carbonyl (C=O) groups excluding carboxylic acids is 2. The Hall–Kier alpha value is -2.73. The zero-order chi connectivity index (χ0) is 19.1. The summed E-state index contributed by atoms with van der Waals surface area (Å²) in [5, 5.41) is 3.17. The fourth-order valence-corrected chi connectivity index (χ4v) is 2.37. The summed E-state index contributed by atoms with van der Waals surface area (Å²) in [6.07, 6.45) is 0. The molecule has 0 aromatic heterocycles. The molecule has 1 amide bonds. The number of anilines is 1. The van der Waals surface area contributed by atoms with Crippen LogP contribution in [0.15, 0.2) is 36.4 Å². The summed E-state index contributed by atoms with van der Waals surface area (Å²) in [4.78, 5) is 24.2. The molecule has 7 heteroatoms. The molecule has 0 unspecified atom stereocenters. The van der Waals surface area contributed by atoms with Gasteiger partial charge in [-0.05, 0) is 49.7 Å². The van der Waals surface area contributed by atoms with E-state index in [4.69, 9.17) is 25.8 Å². The zero-order valence-corrected chi connectivity index (χ0v) is 15.6. The Morgan fingerprint density at radius 3 is 2.58 bits per heavy atom. The van der Waals surface area contributed by atoms with Crippen LogP contribution in [0.4, 0.5) is 5.69 Å². The maximum atomic E-state index is 12.2. The van der Waals surface area contributed by atoms with E-state index in [2.05, 4.69) is 5.32 Å². The van der Waals surface area contributed by atoms with Crippen molar-refractivity contribution in [1.29, 1.82) is 0 Å². The number of benzene rings is 2. The summed E-state index contributed by atoms with van der Waals surface area (Å²) in [7, 11) is 1.51. The first kappa shape index (κ1) is 19.6. The Kier molecular flexibility index (Phi) is 6.86. The lowest BCUT2D eigenvalue weighted by atomic mass is 10.2. The Balaban J connectivity index is 1.98. The number of hydrogen-bond donors (Lipinski definition) is 1. The van der Waals surface area contributed by atoms with E-state index in [1.165, 1.54) is 13.2 Å². The summed E-state index contributed by atoms with van der Waals surface area (Å²) >= 11 is 5.91. The maximum absolute atomic E-state index is 12.2. The first-order valence-electron chi connectivity index (χ1n) is 7.98. The van der Waals surface area contributed by atoms with Crippen molar-refractivity contribution in [3.05, 3.63) is 52.5 Å². The Labute approximate surface area is 157 Å². The molecule has 26 heavy (non-hydrogen) atoms. The molecule has 0 heterocycles. The molecule has 0 fully saturated rings. The molecule has 1 N–H and O–H groups in total. The van der Waals surface area contributed by atoms with Crippen molar-refractivity contribution >= 4 is 29.2 Å². The summed E-state index contributed by atoms with van der Waals surface area (Å²) in [6.45, 7) is 3.67. The predicted molar refractivity (Wildman–Crippen MR) is 99.3 cm³/mol. The number of aryl methyl sites for hydroxylation is 1. The van der Waals surface area contributed by atoms with Crippen LogP contribution in [0.25, 0.3) is 0 Å². The van der Waals surface area contributed by atoms with Gasteiger partial charge in [0.25, 0.3) is 5.91 Å². The van der Waals surface area contributed by atoms with Crippen LogP contribution in [-0.4, -0.2) is 32.2 Å². The number of ether oxygens (including phenoxy) is 3. The van der Waals surface area contributed by atoms with E-state index in [1.807, 2.05) is 13.8 Å². The minimum atomic E-state index is -0.633. The van der Waals surface area contributed by atoms with Gasteiger partial charge in [-0.1, -0.05) is 17.7 Å². The van der Waals surface area contributed by atoms with Gasteiger partial charge in [0, 0.05) is 10.7 Å². The predicted octanol–water partition coefficient (Wildman–Crippen LogP) is 3.85. The van der Waals surface area contributed by atoms with Crippen LogP contribution >= 0.6 is 11.6 Å². The van der Waals surface area contributed by atoms with E-state index in [0.717, 1.165) is 5.56 Å². The number of hydrogen-bond acceptors (Lipinski definition) is 5. The maximum Gasteiger partial charge on any atom is 0.338 e. The number of methoxy groups -OCH3 is 1. The van der Waals surface area contributed by atoms with Crippen LogP contribution in [0.5, 0.6) is 11.5 Å². The molecule has 2 rings (SSSR count). The van der Waals surface area contributed by atoms with Crippen LogP contribution in [0.1, 0.15) is 22.8 Å². The highest BCUT2D eigenvalue weighted by Crippen LogP contribution is 2.28. The summed E-state index contributed by atoms with van der Waals surface area (Å²) in [5.74, 6) is -0.144. The molecular formula is C19H20ClNO5. The minimum Gasteiger partial charge on any atom is -0.493 e. The molecule has 0 aliphatic heterocycles. The van der Waals surface area contributed by atoms with E-state index < -0.39 is 18.5 Å². The van der Waals surface area contributed by atoms with E-state index in [1.54, 1.807) is 30.3 Å². The molecule has 0 bridgehead atoms. The highest BCUT2D eigenvalue weighted by molar-refractivity contribution is 6.31. The molecule has 0 radical (unpaired) electrons. The molecule has 0 spiro atoms. The fourth-order valence-electron chi connectivity index (χ4n) is 2.20. The molecule has 6 nitrogen and oxygen atoms in total. The lowest BCUT2D eigenvalue weighted by molar-refractivity contribution is -0.119. The van der Waals surface area contributed by atoms with Gasteiger partial charge in [0.05, 0.1) is 19.3 Å². The van der Waals surface area contributed by atoms with Crippen molar-refractivity contribution in [3.8, 4) is 11.5 Å². The number of nitrogens with one attached hydrogen (secondary N) is 1. The van der Waals surface area contributed by atoms with Gasteiger partial charge in [0.1, 0.15) is 0 Å². The number of rotatable bonds is 7. The number of halogens is 1. The van der Waals surface area contributed by atoms with Crippen molar-refractivity contribution < 1.29 is 23.8 Å². The van der Waals surface area contributed by atoms with Crippen LogP contribution in [0.3, 0.4) is 0 Å². The van der Waals surface area contributed by atoms with Crippen molar-refractivity contribution in [1.82, 2.24) is 0 Å². The average molecular weight is 378 g/mol. The molecule has 2 aromatic carbocycles. The normalized spacial score (nSPS) is 10.2. The van der Waals surface area contributed by atoms with Crippen LogP contribution in [0, 0.1) is 6.92 Å². The topological polar surface area (TPSA) is 73.9 Å². The number of amides is 1. The zero-order valence-electron chi connectivity index (χ0n) is 14.8. The van der Waals surface area contributed by atoms with Crippen molar-refractivity contribution in [3.63, 3.8) is 0 Å². The van der Waals surface area contributed by atoms with Gasteiger partial charge in [-0.3, -0.25) is 4.79 Å². The van der Waals surface area contributed by atoms with E-state index >= 15 is 0 Å². The van der Waals surface area contributed by atoms with Crippen LogP contribution < -0.4 is 14.8 Å². The quantitative estimate of drug-likeness (QED) is 0.742. The molecule has 0 aliphatic carbocycles. The van der Waals surface area contributed by atoms with Gasteiger partial charge in [-0.2, -0.15) is 0 Å². The smallest absolute Gasteiger partial charge is 0.338 e. The SMILES string of the molecule is CCOc1cc(C(=O)OCC(=O)Nc2cc(Cl)ccc2C)ccc1OC. The van der Waals surface area contributed by atoms with Crippen LogP contribution in [-0.2, 0) is 9.53 Å². The van der Waals surface area contributed by atoms with E-state index in [0.29, 0.717) is 28.8 Å². The third-order valence-electron chi connectivity index (χ3n) is 3.51. The van der Waals surface area contributed by atoms with E-state index in [-0.39, 0.29) is 5.56 Å². The summed E-state index contributed by atoms with van der Waals surface area (Å²) in [5.41, 5.74) is 1.69. The number of carbonyl (C=O) groups is 2. The second kappa shape index (κ2) is 9.10. The molecule has 0 atom stereocenters.